The SMILES string of the molecule is Cc1cc(C)c(C(O)C2(C)CCCCO2)cc1C. The number of rotatable bonds is 2. The summed E-state index contributed by atoms with van der Waals surface area (Å²) in [5.41, 5.74) is 4.25. The number of aryl methyl sites for hydroxylation is 3. The Bertz CT molecular complexity index is 431. The summed E-state index contributed by atoms with van der Waals surface area (Å²) in [6.07, 6.45) is 2.64. The van der Waals surface area contributed by atoms with E-state index in [1.807, 2.05) is 6.92 Å². The van der Waals surface area contributed by atoms with Crippen LogP contribution >= 0.6 is 0 Å². The van der Waals surface area contributed by atoms with Gasteiger partial charge in [0.05, 0.1) is 5.60 Å². The summed E-state index contributed by atoms with van der Waals surface area (Å²) >= 11 is 0. The van der Waals surface area contributed by atoms with E-state index in [1.165, 1.54) is 11.1 Å². The van der Waals surface area contributed by atoms with Crippen molar-refractivity contribution in [2.75, 3.05) is 6.61 Å². The molecule has 0 aromatic heterocycles. The van der Waals surface area contributed by atoms with Crippen molar-refractivity contribution in [1.82, 2.24) is 0 Å². The molecular formula is C16H24O2. The third-order valence-electron chi connectivity index (χ3n) is 4.25. The van der Waals surface area contributed by atoms with E-state index in [0.717, 1.165) is 37.0 Å². The summed E-state index contributed by atoms with van der Waals surface area (Å²) in [4.78, 5) is 0. The monoisotopic (exact) mass is 248 g/mol. The molecule has 1 heterocycles. The van der Waals surface area contributed by atoms with Gasteiger partial charge in [0.1, 0.15) is 6.10 Å². The van der Waals surface area contributed by atoms with E-state index in [9.17, 15) is 5.11 Å². The highest BCUT2D eigenvalue weighted by Crippen LogP contribution is 2.38. The smallest absolute Gasteiger partial charge is 0.108 e. The second kappa shape index (κ2) is 5.02. The summed E-state index contributed by atoms with van der Waals surface area (Å²) in [6.45, 7) is 9.06. The molecule has 100 valence electrons. The molecule has 0 bridgehead atoms. The number of aliphatic hydroxyl groups is 1. The van der Waals surface area contributed by atoms with E-state index in [1.54, 1.807) is 0 Å². The van der Waals surface area contributed by atoms with Crippen LogP contribution in [0.1, 0.15) is 54.5 Å². The minimum Gasteiger partial charge on any atom is -0.385 e. The van der Waals surface area contributed by atoms with Crippen molar-refractivity contribution in [2.24, 2.45) is 0 Å². The third-order valence-corrected chi connectivity index (χ3v) is 4.25. The van der Waals surface area contributed by atoms with Crippen LogP contribution in [0.25, 0.3) is 0 Å². The molecule has 0 aliphatic carbocycles. The van der Waals surface area contributed by atoms with Crippen LogP contribution < -0.4 is 0 Å². The largest absolute Gasteiger partial charge is 0.385 e. The number of hydrogen-bond acceptors (Lipinski definition) is 2. The zero-order valence-electron chi connectivity index (χ0n) is 11.9. The Kier molecular flexibility index (Phi) is 3.79. The first-order chi connectivity index (χ1) is 8.44. The summed E-state index contributed by atoms with van der Waals surface area (Å²) in [5.74, 6) is 0. The molecule has 1 aromatic rings. The lowest BCUT2D eigenvalue weighted by Gasteiger charge is -2.38. The molecule has 18 heavy (non-hydrogen) atoms. The van der Waals surface area contributed by atoms with Gasteiger partial charge in [-0.15, -0.1) is 0 Å². The second-order valence-corrected chi connectivity index (χ2v) is 5.81. The summed E-state index contributed by atoms with van der Waals surface area (Å²) in [7, 11) is 0. The number of hydrogen-bond donors (Lipinski definition) is 1. The van der Waals surface area contributed by atoms with Crippen LogP contribution in [0.3, 0.4) is 0 Å². The molecule has 1 N–H and O–H groups in total. The fourth-order valence-corrected chi connectivity index (χ4v) is 2.78. The van der Waals surface area contributed by atoms with Crippen LogP contribution in [0.2, 0.25) is 0 Å². The molecule has 0 amide bonds. The van der Waals surface area contributed by atoms with Gasteiger partial charge < -0.3 is 9.84 Å². The zero-order chi connectivity index (χ0) is 13.3. The van der Waals surface area contributed by atoms with Crippen LogP contribution in [-0.4, -0.2) is 17.3 Å². The van der Waals surface area contributed by atoms with Crippen molar-refractivity contribution in [3.05, 3.63) is 34.4 Å². The standard InChI is InChI=1S/C16H24O2/c1-11-9-13(3)14(10-12(11)2)15(17)16(4)7-5-6-8-18-16/h9-10,15,17H,5-8H2,1-4H3. The van der Waals surface area contributed by atoms with Crippen molar-refractivity contribution >= 4 is 0 Å². The fourth-order valence-electron chi connectivity index (χ4n) is 2.78. The van der Waals surface area contributed by atoms with E-state index >= 15 is 0 Å². The van der Waals surface area contributed by atoms with Crippen LogP contribution in [0.5, 0.6) is 0 Å². The number of benzene rings is 1. The lowest BCUT2D eigenvalue weighted by Crippen LogP contribution is -2.39. The first-order valence-corrected chi connectivity index (χ1v) is 6.84. The van der Waals surface area contributed by atoms with Gasteiger partial charge in [0.25, 0.3) is 0 Å². The minimum absolute atomic E-state index is 0.426. The zero-order valence-corrected chi connectivity index (χ0v) is 11.9. The van der Waals surface area contributed by atoms with Crippen LogP contribution in [0.4, 0.5) is 0 Å². The fraction of sp³-hybridized carbons (Fsp3) is 0.625. The lowest BCUT2D eigenvalue weighted by atomic mass is 9.83. The number of ether oxygens (including phenoxy) is 1. The van der Waals surface area contributed by atoms with Crippen molar-refractivity contribution in [1.29, 1.82) is 0 Å². The second-order valence-electron chi connectivity index (χ2n) is 5.81. The van der Waals surface area contributed by atoms with Crippen molar-refractivity contribution in [3.63, 3.8) is 0 Å². The van der Waals surface area contributed by atoms with Crippen LogP contribution in [0, 0.1) is 20.8 Å². The maximum absolute atomic E-state index is 10.7. The third kappa shape index (κ3) is 2.45. The van der Waals surface area contributed by atoms with E-state index < -0.39 is 11.7 Å². The van der Waals surface area contributed by atoms with Gasteiger partial charge in [-0.3, -0.25) is 0 Å². The molecule has 0 radical (unpaired) electrons. The molecule has 2 atom stereocenters. The maximum Gasteiger partial charge on any atom is 0.108 e. The maximum atomic E-state index is 10.7. The van der Waals surface area contributed by atoms with Gasteiger partial charge in [0, 0.05) is 6.61 Å². The van der Waals surface area contributed by atoms with Crippen molar-refractivity contribution in [2.45, 2.75) is 58.7 Å². The quantitative estimate of drug-likeness (QED) is 0.866. The molecule has 0 saturated carbocycles. The molecular weight excluding hydrogens is 224 g/mol. The Morgan fingerprint density at radius 2 is 1.78 bits per heavy atom. The first-order valence-electron chi connectivity index (χ1n) is 6.84. The van der Waals surface area contributed by atoms with E-state index in [0.29, 0.717) is 0 Å². The lowest BCUT2D eigenvalue weighted by molar-refractivity contribution is -0.138. The molecule has 0 spiro atoms. The minimum atomic E-state index is -0.530. The first kappa shape index (κ1) is 13.6. The Balaban J connectivity index is 2.33. The number of aliphatic hydroxyl groups excluding tert-OH is 1. The van der Waals surface area contributed by atoms with Gasteiger partial charge >= 0.3 is 0 Å². The molecule has 2 nitrogen and oxygen atoms in total. The van der Waals surface area contributed by atoms with Gasteiger partial charge in [0.2, 0.25) is 0 Å². The highest BCUT2D eigenvalue weighted by Gasteiger charge is 2.37. The van der Waals surface area contributed by atoms with Gasteiger partial charge in [-0.05, 0) is 69.2 Å². The van der Waals surface area contributed by atoms with Crippen LogP contribution in [-0.2, 0) is 4.74 Å². The highest BCUT2D eigenvalue weighted by molar-refractivity contribution is 5.38. The Morgan fingerprint density at radius 3 is 2.39 bits per heavy atom. The Hall–Kier alpha value is -0.860. The molecule has 1 aliphatic rings. The Labute approximate surface area is 110 Å². The van der Waals surface area contributed by atoms with Gasteiger partial charge in [-0.1, -0.05) is 12.1 Å². The highest BCUT2D eigenvalue weighted by atomic mass is 16.5. The molecule has 1 saturated heterocycles. The average Bonchev–Trinajstić information content (AvgIpc) is 2.34. The normalized spacial score (nSPS) is 26.1. The van der Waals surface area contributed by atoms with Crippen molar-refractivity contribution < 1.29 is 9.84 Å². The van der Waals surface area contributed by atoms with Gasteiger partial charge in [-0.2, -0.15) is 0 Å². The van der Waals surface area contributed by atoms with Gasteiger partial charge in [0.15, 0.2) is 0 Å². The van der Waals surface area contributed by atoms with E-state index in [2.05, 4.69) is 32.9 Å². The molecule has 2 heteroatoms. The summed E-state index contributed by atoms with van der Waals surface area (Å²) in [5, 5.41) is 10.7. The molecule has 2 unspecified atom stereocenters. The van der Waals surface area contributed by atoms with E-state index in [4.69, 9.17) is 4.74 Å². The van der Waals surface area contributed by atoms with Crippen molar-refractivity contribution in [3.8, 4) is 0 Å². The topological polar surface area (TPSA) is 29.5 Å². The molecule has 1 aromatic carbocycles. The predicted octanol–water partition coefficient (Wildman–Crippen LogP) is 3.60. The molecule has 1 fully saturated rings. The van der Waals surface area contributed by atoms with Crippen LogP contribution in [0.15, 0.2) is 12.1 Å². The summed E-state index contributed by atoms with van der Waals surface area (Å²) < 4.78 is 5.86. The summed E-state index contributed by atoms with van der Waals surface area (Å²) in [6, 6.07) is 4.26. The molecule has 2 rings (SSSR count). The Morgan fingerprint density at radius 1 is 1.11 bits per heavy atom. The average molecular weight is 248 g/mol. The van der Waals surface area contributed by atoms with Gasteiger partial charge in [-0.25, -0.2) is 0 Å². The molecule has 1 aliphatic heterocycles. The van der Waals surface area contributed by atoms with E-state index in [-0.39, 0.29) is 0 Å². The predicted molar refractivity (Wildman–Crippen MR) is 73.8 cm³/mol.